The Hall–Kier alpha value is -3.48. The maximum absolute atomic E-state index is 16.5. The number of nitrogens with zero attached hydrogens (tertiary/aromatic N) is 5. The van der Waals surface area contributed by atoms with Gasteiger partial charge in [-0.25, -0.2) is 13.6 Å². The van der Waals surface area contributed by atoms with Gasteiger partial charge >= 0.3 is 12.1 Å². The highest BCUT2D eigenvalue weighted by atomic mass is 35.5. The summed E-state index contributed by atoms with van der Waals surface area (Å²) in [5, 5.41) is 1.07. The Morgan fingerprint density at radius 2 is 1.78 bits per heavy atom. The van der Waals surface area contributed by atoms with Crippen molar-refractivity contribution in [2.45, 2.75) is 101 Å². The Labute approximate surface area is 302 Å². The standard InChI is InChI=1S/C38H46ClF2N5O5/c1-37(2,3)51-36(47)46-24-8-9-25(46)19-44(18-24)34-29-14-31(41)27(28-12-26(50-21-48-4)13-30(39)33(28)22-6-7-22)15-32(29)42-35(43-34)49-20-38-10-5-11-45(38)17-23(40)16-38/h12-15,22-25H,5-11,16-21H2,1-4H3/t23-,24-,25+,38+/m1/s1. The van der Waals surface area contributed by atoms with Gasteiger partial charge in [0.05, 0.1) is 23.1 Å². The molecule has 1 amide bonds. The molecule has 8 rings (SSSR count). The molecule has 0 unspecified atom stereocenters. The van der Waals surface area contributed by atoms with Crippen LogP contribution in [0.3, 0.4) is 0 Å². The summed E-state index contributed by atoms with van der Waals surface area (Å²) in [4.78, 5) is 29.2. The summed E-state index contributed by atoms with van der Waals surface area (Å²) < 4.78 is 54.2. The van der Waals surface area contributed by atoms with Gasteiger partial charge in [0.15, 0.2) is 6.79 Å². The van der Waals surface area contributed by atoms with Crippen LogP contribution < -0.4 is 14.4 Å². The van der Waals surface area contributed by atoms with Gasteiger partial charge in [0.1, 0.15) is 35.8 Å². The summed E-state index contributed by atoms with van der Waals surface area (Å²) in [7, 11) is 1.54. The third kappa shape index (κ3) is 6.68. The first-order valence-electron chi connectivity index (χ1n) is 18.2. The predicted molar refractivity (Wildman–Crippen MR) is 190 cm³/mol. The van der Waals surface area contributed by atoms with Gasteiger partial charge in [-0.2, -0.15) is 9.97 Å². The molecule has 4 atom stereocenters. The van der Waals surface area contributed by atoms with E-state index in [1.165, 1.54) is 13.2 Å². The number of amides is 1. The molecule has 51 heavy (non-hydrogen) atoms. The molecule has 3 aromatic rings. The fourth-order valence-electron chi connectivity index (χ4n) is 8.77. The highest BCUT2D eigenvalue weighted by Crippen LogP contribution is 2.50. The van der Waals surface area contributed by atoms with Crippen molar-refractivity contribution < 1.29 is 32.5 Å². The molecular formula is C38H46ClF2N5O5. The molecule has 0 N–H and O–H groups in total. The summed E-state index contributed by atoms with van der Waals surface area (Å²) in [6.45, 7) is 8.18. The van der Waals surface area contributed by atoms with Crippen LogP contribution in [0.4, 0.5) is 19.4 Å². The van der Waals surface area contributed by atoms with Crippen LogP contribution in [0.15, 0.2) is 24.3 Å². The minimum atomic E-state index is -0.889. The molecular weight excluding hydrogens is 680 g/mol. The SMILES string of the molecule is COCOc1cc(Cl)c(C2CC2)c(-c2cc3nc(OC[C@@]45CCCN4C[C@H](F)C5)nc(N4C[C@H]5CC[C@@H](C4)N5C(=O)OC(C)(C)C)c3cc2F)c1. The zero-order valence-electron chi connectivity index (χ0n) is 29.7. The number of rotatable bonds is 9. The number of alkyl halides is 1. The first-order chi connectivity index (χ1) is 24.4. The minimum Gasteiger partial charge on any atom is -0.467 e. The average Bonchev–Trinajstić information content (AvgIpc) is 3.68. The second-order valence-electron chi connectivity index (χ2n) is 15.9. The maximum atomic E-state index is 16.5. The number of aromatic nitrogens is 2. The highest BCUT2D eigenvalue weighted by Gasteiger charge is 2.50. The van der Waals surface area contributed by atoms with Gasteiger partial charge in [0.25, 0.3) is 0 Å². The molecule has 1 aromatic heterocycles. The molecule has 10 nitrogen and oxygen atoms in total. The largest absolute Gasteiger partial charge is 0.467 e. The minimum absolute atomic E-state index is 0.0290. The van der Waals surface area contributed by atoms with Crippen LogP contribution in [0, 0.1) is 5.82 Å². The van der Waals surface area contributed by atoms with Crippen molar-refractivity contribution in [2.24, 2.45) is 0 Å². The Morgan fingerprint density at radius 3 is 2.49 bits per heavy atom. The third-order valence-electron chi connectivity index (χ3n) is 11.1. The van der Waals surface area contributed by atoms with Crippen LogP contribution in [0.25, 0.3) is 22.0 Å². The van der Waals surface area contributed by atoms with Gasteiger partial charge in [0.2, 0.25) is 0 Å². The van der Waals surface area contributed by atoms with Crippen molar-refractivity contribution in [3.05, 3.63) is 40.7 Å². The number of carbonyl (C=O) groups excluding carboxylic acids is 1. The number of benzene rings is 2. The van der Waals surface area contributed by atoms with Crippen LogP contribution in [0.5, 0.6) is 11.8 Å². The topological polar surface area (TPSA) is 89.5 Å². The number of methoxy groups -OCH3 is 1. The molecule has 2 bridgehead atoms. The molecule has 0 radical (unpaired) electrons. The lowest BCUT2D eigenvalue weighted by Crippen LogP contribution is -2.57. The highest BCUT2D eigenvalue weighted by molar-refractivity contribution is 6.32. The van der Waals surface area contributed by atoms with Crippen molar-refractivity contribution >= 4 is 34.4 Å². The molecule has 2 aromatic carbocycles. The molecule has 1 saturated carbocycles. The van der Waals surface area contributed by atoms with E-state index >= 15 is 4.39 Å². The second kappa shape index (κ2) is 13.2. The number of halogens is 3. The van der Waals surface area contributed by atoms with Gasteiger partial charge in [-0.1, -0.05) is 11.6 Å². The van der Waals surface area contributed by atoms with E-state index in [-0.39, 0.29) is 49.0 Å². The first kappa shape index (κ1) is 34.6. The third-order valence-corrected chi connectivity index (χ3v) is 11.4. The molecule has 4 saturated heterocycles. The predicted octanol–water partition coefficient (Wildman–Crippen LogP) is 7.49. The summed E-state index contributed by atoms with van der Waals surface area (Å²) in [5.74, 6) is 0.831. The fourth-order valence-corrected chi connectivity index (χ4v) is 9.14. The van der Waals surface area contributed by atoms with E-state index in [0.29, 0.717) is 64.7 Å². The molecule has 1 aliphatic carbocycles. The summed E-state index contributed by atoms with van der Waals surface area (Å²) >= 11 is 6.82. The fraction of sp³-hybridized carbons (Fsp3) is 0.605. The van der Waals surface area contributed by atoms with Crippen LogP contribution >= 0.6 is 11.6 Å². The normalized spacial score (nSPS) is 26.2. The molecule has 0 spiro atoms. The Bertz CT molecular complexity index is 1820. The van der Waals surface area contributed by atoms with Gasteiger partial charge < -0.3 is 23.8 Å². The maximum Gasteiger partial charge on any atom is 0.410 e. The van der Waals surface area contributed by atoms with Crippen molar-refractivity contribution in [3.8, 4) is 22.9 Å². The van der Waals surface area contributed by atoms with Crippen LogP contribution in [0.1, 0.15) is 77.2 Å². The van der Waals surface area contributed by atoms with E-state index in [9.17, 15) is 9.18 Å². The van der Waals surface area contributed by atoms with Crippen LogP contribution in [-0.2, 0) is 9.47 Å². The smallest absolute Gasteiger partial charge is 0.410 e. The lowest BCUT2D eigenvalue weighted by molar-refractivity contribution is 0.0122. The molecule has 5 aliphatic rings. The van der Waals surface area contributed by atoms with Gasteiger partial charge in [-0.05, 0) is 107 Å². The Kier molecular flexibility index (Phi) is 8.94. The van der Waals surface area contributed by atoms with Gasteiger partial charge in [-0.3, -0.25) is 9.80 Å². The lowest BCUT2D eigenvalue weighted by Gasteiger charge is -2.42. The van der Waals surface area contributed by atoms with E-state index in [1.807, 2.05) is 31.7 Å². The van der Waals surface area contributed by atoms with Crippen molar-refractivity contribution in [3.63, 3.8) is 0 Å². The number of hydrogen-bond donors (Lipinski definition) is 0. The molecule has 4 aliphatic heterocycles. The quantitative estimate of drug-likeness (QED) is 0.208. The summed E-state index contributed by atoms with van der Waals surface area (Å²) in [5.41, 5.74) is 1.43. The number of anilines is 1. The number of ether oxygens (including phenoxy) is 4. The van der Waals surface area contributed by atoms with Crippen molar-refractivity contribution in [1.82, 2.24) is 19.8 Å². The average molecular weight is 726 g/mol. The monoisotopic (exact) mass is 725 g/mol. The number of fused-ring (bicyclic) bond motifs is 4. The summed E-state index contributed by atoms with van der Waals surface area (Å²) in [6, 6.07) is 6.82. The number of carbonyl (C=O) groups is 1. The van der Waals surface area contributed by atoms with Crippen LogP contribution in [0.2, 0.25) is 5.02 Å². The molecule has 13 heteroatoms. The van der Waals surface area contributed by atoms with E-state index < -0.39 is 17.6 Å². The number of piperazine rings is 1. The Balaban J connectivity index is 1.19. The van der Waals surface area contributed by atoms with E-state index in [1.54, 1.807) is 12.1 Å². The Morgan fingerprint density at radius 1 is 1.02 bits per heavy atom. The van der Waals surface area contributed by atoms with E-state index in [0.717, 1.165) is 50.6 Å². The molecule has 274 valence electrons. The van der Waals surface area contributed by atoms with E-state index in [2.05, 4.69) is 9.80 Å². The van der Waals surface area contributed by atoms with Gasteiger partial charge in [0, 0.05) is 49.1 Å². The first-order valence-corrected chi connectivity index (χ1v) is 18.5. The zero-order valence-corrected chi connectivity index (χ0v) is 30.5. The van der Waals surface area contributed by atoms with E-state index in [4.69, 9.17) is 40.5 Å². The molecule has 5 heterocycles. The van der Waals surface area contributed by atoms with Crippen LogP contribution in [-0.4, -0.2) is 102 Å². The zero-order chi connectivity index (χ0) is 35.7. The second-order valence-corrected chi connectivity index (χ2v) is 16.3. The lowest BCUT2D eigenvalue weighted by atomic mass is 9.94. The van der Waals surface area contributed by atoms with Gasteiger partial charge in [-0.15, -0.1) is 0 Å². The summed E-state index contributed by atoms with van der Waals surface area (Å²) in [6.07, 6.45) is 4.68. The number of hydrogen-bond acceptors (Lipinski definition) is 9. The molecule has 5 fully saturated rings. The van der Waals surface area contributed by atoms with Crippen molar-refractivity contribution in [2.75, 3.05) is 51.6 Å². The van der Waals surface area contributed by atoms with Crippen molar-refractivity contribution in [1.29, 1.82) is 0 Å².